The number of nitrogens with one attached hydrogen (secondary N) is 2. The van der Waals surface area contributed by atoms with Gasteiger partial charge < -0.3 is 10.6 Å². The first kappa shape index (κ1) is 15.5. The molecule has 1 aromatic rings. The minimum atomic E-state index is 0. The van der Waals surface area contributed by atoms with E-state index in [1.165, 1.54) is 0 Å². The molecule has 1 heterocycles. The van der Waals surface area contributed by atoms with Crippen LogP contribution in [0.15, 0.2) is 22.7 Å². The third-order valence-electron chi connectivity index (χ3n) is 3.05. The molecule has 100 valence electrons. The van der Waals surface area contributed by atoms with Gasteiger partial charge in [0.2, 0.25) is 0 Å². The molecule has 0 saturated carbocycles. The molecule has 0 radical (unpaired) electrons. The molecule has 3 nitrogen and oxygen atoms in total. The maximum atomic E-state index is 12.0. The monoisotopic (exact) mass is 332 g/mol. The first-order valence-electron chi connectivity index (χ1n) is 5.94. The molecule has 1 aromatic carbocycles. The molecule has 5 heteroatoms. The Hall–Kier alpha value is -0.580. The Morgan fingerprint density at radius 2 is 2.28 bits per heavy atom. The van der Waals surface area contributed by atoms with Crippen LogP contribution < -0.4 is 10.6 Å². The highest BCUT2D eigenvalue weighted by molar-refractivity contribution is 9.10. The molecule has 1 fully saturated rings. The second kappa shape index (κ2) is 7.12. The maximum Gasteiger partial charge on any atom is 0.251 e. The second-order valence-corrected chi connectivity index (χ2v) is 5.34. The first-order chi connectivity index (χ1) is 8.16. The smallest absolute Gasteiger partial charge is 0.251 e. The van der Waals surface area contributed by atoms with Gasteiger partial charge in [0.25, 0.3) is 5.91 Å². The van der Waals surface area contributed by atoms with E-state index in [1.807, 2.05) is 25.1 Å². The number of piperidine rings is 1. The number of rotatable bonds is 2. The summed E-state index contributed by atoms with van der Waals surface area (Å²) in [5, 5.41) is 6.36. The Morgan fingerprint density at radius 1 is 1.50 bits per heavy atom. The van der Waals surface area contributed by atoms with Crippen molar-refractivity contribution in [3.8, 4) is 0 Å². The third-order valence-corrected chi connectivity index (χ3v) is 3.94. The van der Waals surface area contributed by atoms with Crippen LogP contribution in [-0.4, -0.2) is 25.0 Å². The summed E-state index contributed by atoms with van der Waals surface area (Å²) in [6.07, 6.45) is 2.19. The Kier molecular flexibility index (Phi) is 6.12. The van der Waals surface area contributed by atoms with E-state index in [-0.39, 0.29) is 24.4 Å². The van der Waals surface area contributed by atoms with Gasteiger partial charge in [0, 0.05) is 22.6 Å². The third kappa shape index (κ3) is 3.97. The molecular weight excluding hydrogens is 316 g/mol. The van der Waals surface area contributed by atoms with Crippen LogP contribution in [0.3, 0.4) is 0 Å². The number of benzene rings is 1. The fourth-order valence-corrected chi connectivity index (χ4v) is 2.28. The van der Waals surface area contributed by atoms with Crippen molar-refractivity contribution in [2.24, 2.45) is 0 Å². The molecular formula is C13H18BrClN2O. The highest BCUT2D eigenvalue weighted by Gasteiger charge is 2.16. The van der Waals surface area contributed by atoms with Crippen molar-refractivity contribution in [3.63, 3.8) is 0 Å². The molecule has 0 bridgehead atoms. The van der Waals surface area contributed by atoms with E-state index in [4.69, 9.17) is 0 Å². The lowest BCUT2D eigenvalue weighted by Crippen LogP contribution is -2.45. The number of hydrogen-bond acceptors (Lipinski definition) is 2. The minimum absolute atomic E-state index is 0. The van der Waals surface area contributed by atoms with Gasteiger partial charge in [-0.25, -0.2) is 0 Å². The molecule has 1 aliphatic heterocycles. The predicted molar refractivity (Wildman–Crippen MR) is 79.5 cm³/mol. The Bertz CT molecular complexity index is 419. The summed E-state index contributed by atoms with van der Waals surface area (Å²) in [5.41, 5.74) is 1.82. The number of hydrogen-bond donors (Lipinski definition) is 2. The summed E-state index contributed by atoms with van der Waals surface area (Å²) >= 11 is 3.44. The lowest BCUT2D eigenvalue weighted by Gasteiger charge is -2.23. The van der Waals surface area contributed by atoms with Crippen LogP contribution in [0.5, 0.6) is 0 Å². The molecule has 18 heavy (non-hydrogen) atoms. The van der Waals surface area contributed by atoms with Gasteiger partial charge in [0.05, 0.1) is 0 Å². The fraction of sp³-hybridized carbons (Fsp3) is 0.462. The highest BCUT2D eigenvalue weighted by Crippen LogP contribution is 2.17. The zero-order valence-electron chi connectivity index (χ0n) is 10.3. The number of carbonyl (C=O) groups excluding carboxylic acids is 1. The van der Waals surface area contributed by atoms with Gasteiger partial charge >= 0.3 is 0 Å². The van der Waals surface area contributed by atoms with Crippen LogP contribution in [0.1, 0.15) is 28.8 Å². The topological polar surface area (TPSA) is 41.1 Å². The van der Waals surface area contributed by atoms with Gasteiger partial charge in [-0.05, 0) is 50.1 Å². The van der Waals surface area contributed by atoms with Crippen LogP contribution in [0.4, 0.5) is 0 Å². The van der Waals surface area contributed by atoms with E-state index in [9.17, 15) is 4.79 Å². The van der Waals surface area contributed by atoms with Gasteiger partial charge in [-0.3, -0.25) is 4.79 Å². The molecule has 2 rings (SSSR count). The normalized spacial score (nSPS) is 18.9. The average molecular weight is 334 g/mol. The summed E-state index contributed by atoms with van der Waals surface area (Å²) in [6, 6.07) is 5.95. The Balaban J connectivity index is 0.00000162. The number of aryl methyl sites for hydroxylation is 1. The minimum Gasteiger partial charge on any atom is -0.348 e. The molecule has 0 spiro atoms. The molecule has 1 aliphatic rings. The van der Waals surface area contributed by atoms with Gasteiger partial charge in [-0.15, -0.1) is 12.4 Å². The summed E-state index contributed by atoms with van der Waals surface area (Å²) in [7, 11) is 0. The highest BCUT2D eigenvalue weighted by atomic mass is 79.9. The molecule has 0 aromatic heterocycles. The van der Waals surface area contributed by atoms with E-state index in [1.54, 1.807) is 0 Å². The second-order valence-electron chi connectivity index (χ2n) is 4.48. The van der Waals surface area contributed by atoms with Gasteiger partial charge in [0.1, 0.15) is 0 Å². The Morgan fingerprint density at radius 3 is 2.89 bits per heavy atom. The fourth-order valence-electron chi connectivity index (χ4n) is 2.03. The van der Waals surface area contributed by atoms with Crippen molar-refractivity contribution in [3.05, 3.63) is 33.8 Å². The van der Waals surface area contributed by atoms with Crippen molar-refractivity contribution < 1.29 is 4.79 Å². The van der Waals surface area contributed by atoms with Crippen LogP contribution in [0.25, 0.3) is 0 Å². The summed E-state index contributed by atoms with van der Waals surface area (Å²) in [5.74, 6) is 0.0225. The van der Waals surface area contributed by atoms with Crippen molar-refractivity contribution in [1.82, 2.24) is 10.6 Å². The van der Waals surface area contributed by atoms with E-state index >= 15 is 0 Å². The van der Waals surface area contributed by atoms with Crippen LogP contribution in [0.2, 0.25) is 0 Å². The van der Waals surface area contributed by atoms with Gasteiger partial charge in [-0.2, -0.15) is 0 Å². The van der Waals surface area contributed by atoms with E-state index in [2.05, 4.69) is 26.6 Å². The SMILES string of the molecule is Cc1cc(C(=O)NC2CCCNC2)ccc1Br.Cl. The van der Waals surface area contributed by atoms with Crippen LogP contribution >= 0.6 is 28.3 Å². The number of halogens is 2. The van der Waals surface area contributed by atoms with Crippen molar-refractivity contribution in [2.45, 2.75) is 25.8 Å². The predicted octanol–water partition coefficient (Wildman–Crippen LogP) is 2.66. The molecule has 1 saturated heterocycles. The quantitative estimate of drug-likeness (QED) is 0.873. The lowest BCUT2D eigenvalue weighted by atomic mass is 10.1. The van der Waals surface area contributed by atoms with Crippen molar-refractivity contribution in [2.75, 3.05) is 13.1 Å². The number of amides is 1. The zero-order chi connectivity index (χ0) is 12.3. The summed E-state index contributed by atoms with van der Waals surface area (Å²) in [6.45, 7) is 3.92. The largest absolute Gasteiger partial charge is 0.348 e. The molecule has 2 N–H and O–H groups in total. The molecule has 1 amide bonds. The molecule has 1 unspecified atom stereocenters. The van der Waals surface area contributed by atoms with Crippen molar-refractivity contribution >= 4 is 34.2 Å². The zero-order valence-corrected chi connectivity index (χ0v) is 12.7. The first-order valence-corrected chi connectivity index (χ1v) is 6.74. The Labute approximate surface area is 122 Å². The van der Waals surface area contributed by atoms with Gasteiger partial charge in [-0.1, -0.05) is 15.9 Å². The molecule has 1 atom stereocenters. The van der Waals surface area contributed by atoms with E-state index in [0.717, 1.165) is 41.5 Å². The number of carbonyl (C=O) groups is 1. The summed E-state index contributed by atoms with van der Waals surface area (Å²) in [4.78, 5) is 12.0. The maximum absolute atomic E-state index is 12.0. The standard InChI is InChI=1S/C13H17BrN2O.ClH/c1-9-7-10(4-5-12(9)14)13(17)16-11-3-2-6-15-8-11;/h4-5,7,11,15H,2-3,6,8H2,1H3,(H,16,17);1H. The van der Waals surface area contributed by atoms with Crippen LogP contribution in [-0.2, 0) is 0 Å². The van der Waals surface area contributed by atoms with E-state index in [0.29, 0.717) is 0 Å². The lowest BCUT2D eigenvalue weighted by molar-refractivity contribution is 0.0930. The molecule has 0 aliphatic carbocycles. The van der Waals surface area contributed by atoms with Crippen molar-refractivity contribution in [1.29, 1.82) is 0 Å². The van der Waals surface area contributed by atoms with Crippen LogP contribution in [0, 0.1) is 6.92 Å². The van der Waals surface area contributed by atoms with Gasteiger partial charge in [0.15, 0.2) is 0 Å². The summed E-state index contributed by atoms with van der Waals surface area (Å²) < 4.78 is 1.04. The average Bonchev–Trinajstić information content (AvgIpc) is 2.34. The van der Waals surface area contributed by atoms with E-state index < -0.39 is 0 Å².